The fourth-order valence-electron chi connectivity index (χ4n) is 7.21. The van der Waals surface area contributed by atoms with Crippen LogP contribution in [0, 0.1) is 28.1 Å². The van der Waals surface area contributed by atoms with Crippen LogP contribution >= 0.6 is 0 Å². The molecule has 4 nitrogen and oxygen atoms in total. The van der Waals surface area contributed by atoms with Crippen LogP contribution in [0.5, 0.6) is 0 Å². The SMILES string of the molecule is CC(=O)C=CC(=O)C(C)=CC=C/C(C)=C1/C(=O)C[C@@H]2[C@@]3(C)CCC(=O)C(C)(C)[C@@H]3CC[C@]12C. The summed E-state index contributed by atoms with van der Waals surface area (Å²) in [6.45, 7) is 13.9. The summed E-state index contributed by atoms with van der Waals surface area (Å²) >= 11 is 0. The van der Waals surface area contributed by atoms with Crippen LogP contribution in [0.3, 0.4) is 0 Å². The van der Waals surface area contributed by atoms with Crippen molar-refractivity contribution in [2.24, 2.45) is 28.1 Å². The molecule has 3 aliphatic carbocycles. The summed E-state index contributed by atoms with van der Waals surface area (Å²) in [5.74, 6) is 0.781. The molecule has 3 saturated carbocycles. The highest BCUT2D eigenvalue weighted by atomic mass is 16.1. The largest absolute Gasteiger partial charge is 0.299 e. The fourth-order valence-corrected chi connectivity index (χ4v) is 7.21. The first-order valence-corrected chi connectivity index (χ1v) is 12.1. The summed E-state index contributed by atoms with van der Waals surface area (Å²) in [5.41, 5.74) is 1.88. The van der Waals surface area contributed by atoms with E-state index in [4.69, 9.17) is 0 Å². The molecule has 0 amide bonds. The third kappa shape index (κ3) is 4.29. The van der Waals surface area contributed by atoms with E-state index in [1.165, 1.54) is 19.1 Å². The maximum atomic E-state index is 13.3. The molecule has 0 unspecified atom stereocenters. The van der Waals surface area contributed by atoms with Gasteiger partial charge in [-0.1, -0.05) is 45.9 Å². The van der Waals surface area contributed by atoms with Gasteiger partial charge in [-0.15, -0.1) is 0 Å². The lowest BCUT2D eigenvalue weighted by Gasteiger charge is -2.60. The van der Waals surface area contributed by atoms with Crippen LogP contribution < -0.4 is 0 Å². The van der Waals surface area contributed by atoms with Crippen LogP contribution in [0.4, 0.5) is 0 Å². The van der Waals surface area contributed by atoms with Gasteiger partial charge in [0.15, 0.2) is 17.3 Å². The number of Topliss-reactive ketones (excluding diaryl/α,β-unsaturated/α-hetero) is 2. The Morgan fingerprint density at radius 2 is 1.58 bits per heavy atom. The van der Waals surface area contributed by atoms with Crippen molar-refractivity contribution in [3.8, 4) is 0 Å². The summed E-state index contributed by atoms with van der Waals surface area (Å²) in [4.78, 5) is 49.1. The average molecular weight is 451 g/mol. The number of ketones is 4. The van der Waals surface area contributed by atoms with E-state index in [0.29, 0.717) is 30.1 Å². The van der Waals surface area contributed by atoms with E-state index in [0.717, 1.165) is 30.4 Å². The molecule has 3 fully saturated rings. The van der Waals surface area contributed by atoms with Gasteiger partial charge in [0, 0.05) is 29.2 Å². The summed E-state index contributed by atoms with van der Waals surface area (Å²) in [6, 6.07) is 0. The molecule has 3 aliphatic rings. The van der Waals surface area contributed by atoms with Crippen molar-refractivity contribution in [3.05, 3.63) is 47.1 Å². The highest BCUT2D eigenvalue weighted by Gasteiger charge is 2.64. The van der Waals surface area contributed by atoms with Gasteiger partial charge in [0.1, 0.15) is 5.78 Å². The Morgan fingerprint density at radius 3 is 2.21 bits per heavy atom. The van der Waals surface area contributed by atoms with E-state index in [2.05, 4.69) is 27.7 Å². The minimum absolute atomic E-state index is 0.0161. The lowest BCUT2D eigenvalue weighted by Crippen LogP contribution is -2.56. The fraction of sp³-hybridized carbons (Fsp3) is 0.586. The van der Waals surface area contributed by atoms with Crippen molar-refractivity contribution < 1.29 is 19.2 Å². The van der Waals surface area contributed by atoms with Crippen LogP contribution in [0.25, 0.3) is 0 Å². The number of rotatable bonds is 5. The maximum absolute atomic E-state index is 13.3. The van der Waals surface area contributed by atoms with Gasteiger partial charge in [-0.05, 0) is 80.6 Å². The van der Waals surface area contributed by atoms with Gasteiger partial charge in [0.05, 0.1) is 0 Å². The Kier molecular flexibility index (Phi) is 6.72. The molecule has 0 spiro atoms. The summed E-state index contributed by atoms with van der Waals surface area (Å²) in [7, 11) is 0. The molecule has 4 heteroatoms. The third-order valence-electron chi connectivity index (χ3n) is 8.98. The number of hydrogen-bond acceptors (Lipinski definition) is 4. The molecule has 0 radical (unpaired) electrons. The van der Waals surface area contributed by atoms with Crippen LogP contribution in [0.1, 0.15) is 80.6 Å². The number of carbonyl (C=O) groups is 4. The van der Waals surface area contributed by atoms with E-state index in [1.54, 1.807) is 13.0 Å². The molecule has 0 N–H and O–H groups in total. The first kappa shape index (κ1) is 25.3. The highest BCUT2D eigenvalue weighted by Crippen LogP contribution is 2.68. The zero-order valence-electron chi connectivity index (χ0n) is 21.2. The van der Waals surface area contributed by atoms with E-state index >= 15 is 0 Å². The predicted octanol–water partition coefficient (Wildman–Crippen LogP) is 5.92. The lowest BCUT2D eigenvalue weighted by molar-refractivity contribution is -0.154. The maximum Gasteiger partial charge on any atom is 0.181 e. The molecule has 0 bridgehead atoms. The van der Waals surface area contributed by atoms with Crippen LogP contribution in [0.2, 0.25) is 0 Å². The second-order valence-electron chi connectivity index (χ2n) is 11.4. The van der Waals surface area contributed by atoms with E-state index in [9.17, 15) is 19.2 Å². The third-order valence-corrected chi connectivity index (χ3v) is 8.98. The normalized spacial score (nSPS) is 35.7. The molecule has 0 aromatic heterocycles. The van der Waals surface area contributed by atoms with Crippen molar-refractivity contribution in [3.63, 3.8) is 0 Å². The Balaban J connectivity index is 1.90. The van der Waals surface area contributed by atoms with Gasteiger partial charge < -0.3 is 0 Å². The average Bonchev–Trinajstić information content (AvgIpc) is 3.00. The molecule has 0 aromatic carbocycles. The minimum Gasteiger partial charge on any atom is -0.299 e. The number of fused-ring (bicyclic) bond motifs is 3. The van der Waals surface area contributed by atoms with Crippen LogP contribution in [-0.4, -0.2) is 23.1 Å². The molecular weight excluding hydrogens is 412 g/mol. The van der Waals surface area contributed by atoms with E-state index in [-0.39, 0.29) is 39.5 Å². The van der Waals surface area contributed by atoms with Crippen molar-refractivity contribution in [2.75, 3.05) is 0 Å². The predicted molar refractivity (Wildman–Crippen MR) is 130 cm³/mol. The molecule has 178 valence electrons. The summed E-state index contributed by atoms with van der Waals surface area (Å²) < 4.78 is 0. The minimum atomic E-state index is -0.329. The molecule has 0 aliphatic heterocycles. The first-order chi connectivity index (χ1) is 15.2. The zero-order valence-corrected chi connectivity index (χ0v) is 21.2. The summed E-state index contributed by atoms with van der Waals surface area (Å²) in [6.07, 6.45) is 11.9. The zero-order chi connectivity index (χ0) is 24.8. The first-order valence-electron chi connectivity index (χ1n) is 12.1. The number of hydrogen-bond donors (Lipinski definition) is 0. The van der Waals surface area contributed by atoms with Crippen molar-refractivity contribution >= 4 is 23.1 Å². The molecule has 33 heavy (non-hydrogen) atoms. The molecule has 0 heterocycles. The second-order valence-corrected chi connectivity index (χ2v) is 11.4. The molecule has 0 aromatic rings. The Morgan fingerprint density at radius 1 is 0.909 bits per heavy atom. The van der Waals surface area contributed by atoms with Crippen LogP contribution in [-0.2, 0) is 19.2 Å². The second kappa shape index (κ2) is 8.77. The van der Waals surface area contributed by atoms with Gasteiger partial charge in [0.25, 0.3) is 0 Å². The Labute approximate surface area is 198 Å². The van der Waals surface area contributed by atoms with Crippen LogP contribution in [0.15, 0.2) is 47.1 Å². The molecule has 4 atom stereocenters. The number of allylic oxidation sites excluding steroid dienone is 8. The van der Waals surface area contributed by atoms with Gasteiger partial charge >= 0.3 is 0 Å². The van der Waals surface area contributed by atoms with Gasteiger partial charge in [-0.3, -0.25) is 19.2 Å². The Hall–Kier alpha value is -2.36. The Bertz CT molecular complexity index is 1020. The summed E-state index contributed by atoms with van der Waals surface area (Å²) in [5, 5.41) is 0. The van der Waals surface area contributed by atoms with Crippen molar-refractivity contribution in [2.45, 2.75) is 80.6 Å². The van der Waals surface area contributed by atoms with Gasteiger partial charge in [-0.2, -0.15) is 0 Å². The monoisotopic (exact) mass is 450 g/mol. The smallest absolute Gasteiger partial charge is 0.181 e. The topological polar surface area (TPSA) is 68.3 Å². The molecular formula is C29H38O4. The molecule has 0 saturated heterocycles. The van der Waals surface area contributed by atoms with E-state index in [1.807, 2.05) is 19.1 Å². The van der Waals surface area contributed by atoms with Crippen molar-refractivity contribution in [1.29, 1.82) is 0 Å². The lowest BCUT2D eigenvalue weighted by atomic mass is 9.43. The van der Waals surface area contributed by atoms with Gasteiger partial charge in [0.2, 0.25) is 0 Å². The highest BCUT2D eigenvalue weighted by molar-refractivity contribution is 6.07. The standard InChI is InChI=1S/C29H38O4/c1-18(21(31)12-11-20(3)30)9-8-10-19(2)26-22(32)17-24-28(6)16-14-25(33)27(4,5)23(28)13-15-29(24,26)7/h8-12,23-24H,13-17H2,1-7H3/b10-8?,12-11?,18-9?,26-19-/t23-,24+,28-,29-/m0/s1. The number of carbonyl (C=O) groups excluding carboxylic acids is 4. The van der Waals surface area contributed by atoms with Crippen molar-refractivity contribution in [1.82, 2.24) is 0 Å². The quantitative estimate of drug-likeness (QED) is 0.385. The van der Waals surface area contributed by atoms with Gasteiger partial charge in [-0.25, -0.2) is 0 Å². The van der Waals surface area contributed by atoms with E-state index < -0.39 is 0 Å². The molecule has 3 rings (SSSR count).